The van der Waals surface area contributed by atoms with E-state index in [0.29, 0.717) is 13.0 Å². The van der Waals surface area contributed by atoms with E-state index in [0.717, 1.165) is 12.0 Å². The van der Waals surface area contributed by atoms with Gasteiger partial charge in [-0.2, -0.15) is 0 Å². The maximum atomic E-state index is 12.1. The molecular formula is C22H28N2O3. The van der Waals surface area contributed by atoms with Gasteiger partial charge >= 0.3 is 6.09 Å². The number of aryl methyl sites for hydroxylation is 1. The summed E-state index contributed by atoms with van der Waals surface area (Å²) in [5.74, 6) is -0.360. The van der Waals surface area contributed by atoms with Gasteiger partial charge in [-0.25, -0.2) is 4.79 Å². The zero-order valence-corrected chi connectivity index (χ0v) is 16.0. The molecule has 2 amide bonds. The van der Waals surface area contributed by atoms with E-state index in [1.165, 1.54) is 5.56 Å². The Morgan fingerprint density at radius 3 is 2.19 bits per heavy atom. The third-order valence-corrected chi connectivity index (χ3v) is 4.60. The second kappa shape index (κ2) is 10.4. The zero-order valence-electron chi connectivity index (χ0n) is 16.0. The molecule has 0 radical (unpaired) electrons. The van der Waals surface area contributed by atoms with Gasteiger partial charge in [-0.1, -0.05) is 66.2 Å². The number of carbonyl (C=O) groups excluding carboxylic acids is 2. The van der Waals surface area contributed by atoms with Gasteiger partial charge in [0.1, 0.15) is 6.10 Å². The largest absolute Gasteiger partial charge is 0.446 e. The molecule has 1 saturated heterocycles. The molecule has 2 aromatic carbocycles. The predicted octanol–water partition coefficient (Wildman–Crippen LogP) is 4.22. The lowest BCUT2D eigenvalue weighted by molar-refractivity contribution is -0.118. The van der Waals surface area contributed by atoms with E-state index >= 15 is 0 Å². The maximum Gasteiger partial charge on any atom is 0.410 e. The molecule has 0 bridgehead atoms. The smallest absolute Gasteiger partial charge is 0.410 e. The van der Waals surface area contributed by atoms with Gasteiger partial charge in [0, 0.05) is 19.4 Å². The number of carbonyl (C=O) groups is 2. The summed E-state index contributed by atoms with van der Waals surface area (Å²) >= 11 is 0. The average Bonchev–Trinajstić information content (AvgIpc) is 2.68. The first-order valence-electron chi connectivity index (χ1n) is 9.29. The van der Waals surface area contributed by atoms with Crippen LogP contribution < -0.4 is 5.73 Å². The van der Waals surface area contributed by atoms with Crippen molar-refractivity contribution in [3.8, 4) is 0 Å². The van der Waals surface area contributed by atoms with Gasteiger partial charge in [0.15, 0.2) is 0 Å². The highest BCUT2D eigenvalue weighted by Crippen LogP contribution is 2.26. The molecule has 5 heteroatoms. The number of nitrogens with two attached hydrogens (primary N) is 1. The molecule has 1 fully saturated rings. The van der Waals surface area contributed by atoms with Crippen molar-refractivity contribution >= 4 is 12.0 Å². The van der Waals surface area contributed by atoms with E-state index < -0.39 is 0 Å². The van der Waals surface area contributed by atoms with E-state index in [4.69, 9.17) is 10.5 Å². The number of hydrogen-bond donors (Lipinski definition) is 1. The summed E-state index contributed by atoms with van der Waals surface area (Å²) in [6, 6.07) is 20.1. The normalized spacial score (nSPS) is 17.3. The van der Waals surface area contributed by atoms with Crippen molar-refractivity contribution < 1.29 is 14.3 Å². The van der Waals surface area contributed by atoms with Crippen molar-refractivity contribution in [3.63, 3.8) is 0 Å². The van der Waals surface area contributed by atoms with Crippen molar-refractivity contribution in [1.29, 1.82) is 0 Å². The topological polar surface area (TPSA) is 72.6 Å². The van der Waals surface area contributed by atoms with E-state index in [1.807, 2.05) is 74.5 Å². The highest BCUT2D eigenvalue weighted by atomic mass is 16.6. The number of cyclic esters (lactones) is 1. The van der Waals surface area contributed by atoms with Crippen LogP contribution in [0.3, 0.4) is 0 Å². The Kier molecular flexibility index (Phi) is 7.86. The summed E-state index contributed by atoms with van der Waals surface area (Å²) in [6.07, 6.45) is 0.976. The number of primary amides is 1. The van der Waals surface area contributed by atoms with Gasteiger partial charge in [-0.15, -0.1) is 0 Å². The molecule has 144 valence electrons. The summed E-state index contributed by atoms with van der Waals surface area (Å²) in [5.41, 5.74) is 7.40. The van der Waals surface area contributed by atoms with Crippen LogP contribution in [-0.4, -0.2) is 29.5 Å². The highest BCUT2D eigenvalue weighted by Gasteiger charge is 2.30. The second-order valence-electron chi connectivity index (χ2n) is 6.73. The van der Waals surface area contributed by atoms with Crippen LogP contribution in [0.2, 0.25) is 0 Å². The second-order valence-corrected chi connectivity index (χ2v) is 6.73. The fourth-order valence-corrected chi connectivity index (χ4v) is 2.91. The zero-order chi connectivity index (χ0) is 19.6. The Labute approximate surface area is 161 Å². The lowest BCUT2D eigenvalue weighted by atomic mass is 10.0. The van der Waals surface area contributed by atoms with Crippen LogP contribution in [0.5, 0.6) is 0 Å². The van der Waals surface area contributed by atoms with Crippen LogP contribution >= 0.6 is 0 Å². The van der Waals surface area contributed by atoms with Crippen LogP contribution in [0.15, 0.2) is 60.7 Å². The molecule has 0 saturated carbocycles. The third-order valence-electron chi connectivity index (χ3n) is 4.60. The Morgan fingerprint density at radius 2 is 1.70 bits per heavy atom. The molecule has 2 atom stereocenters. The lowest BCUT2D eigenvalue weighted by Gasteiger charge is -2.35. The van der Waals surface area contributed by atoms with Crippen LogP contribution in [0.25, 0.3) is 0 Å². The highest BCUT2D eigenvalue weighted by molar-refractivity contribution is 5.74. The van der Waals surface area contributed by atoms with Crippen molar-refractivity contribution in [2.75, 3.05) is 6.54 Å². The molecule has 5 nitrogen and oxygen atoms in total. The van der Waals surface area contributed by atoms with Gasteiger partial charge < -0.3 is 15.4 Å². The molecule has 1 aliphatic rings. The predicted molar refractivity (Wildman–Crippen MR) is 106 cm³/mol. The van der Waals surface area contributed by atoms with Gasteiger partial charge in [0.05, 0.1) is 6.04 Å². The number of rotatable bonds is 5. The van der Waals surface area contributed by atoms with Crippen LogP contribution in [0, 0.1) is 6.92 Å². The Bertz CT molecular complexity index is 689. The van der Waals surface area contributed by atoms with E-state index in [1.54, 1.807) is 4.90 Å². The quantitative estimate of drug-likeness (QED) is 0.859. The van der Waals surface area contributed by atoms with Crippen LogP contribution in [-0.2, 0) is 9.53 Å². The molecule has 27 heavy (non-hydrogen) atoms. The molecule has 0 aromatic heterocycles. The maximum absolute atomic E-state index is 12.1. The number of nitrogens with zero attached hydrogens (tertiary/aromatic N) is 1. The molecule has 1 aliphatic heterocycles. The number of hydrogen-bond acceptors (Lipinski definition) is 3. The van der Waals surface area contributed by atoms with Crippen molar-refractivity contribution in [1.82, 2.24) is 4.90 Å². The first-order valence-corrected chi connectivity index (χ1v) is 9.29. The summed E-state index contributed by atoms with van der Waals surface area (Å²) in [7, 11) is 0. The Balaban J connectivity index is 0.000000369. The van der Waals surface area contributed by atoms with Crippen molar-refractivity contribution in [2.24, 2.45) is 5.73 Å². The molecular weight excluding hydrogens is 340 g/mol. The van der Waals surface area contributed by atoms with Crippen molar-refractivity contribution in [2.45, 2.75) is 45.3 Å². The van der Waals surface area contributed by atoms with Crippen LogP contribution in [0.1, 0.15) is 43.4 Å². The standard InChI is InChI=1S/C16H22N2O3.C6H6/c1-11-3-5-13(6-4-11)12(2)18-10-9-14(21-16(18)20)7-8-15(17)19;1-2-4-6-5-3-1/h3-6,12,14H,7-10H2,1-2H3,(H2,17,19);1-6H. The van der Waals surface area contributed by atoms with E-state index in [2.05, 4.69) is 0 Å². The fourth-order valence-electron chi connectivity index (χ4n) is 2.91. The Morgan fingerprint density at radius 1 is 1.15 bits per heavy atom. The van der Waals surface area contributed by atoms with E-state index in [-0.39, 0.29) is 30.6 Å². The first kappa shape index (κ1) is 20.5. The van der Waals surface area contributed by atoms with Gasteiger partial charge in [0.2, 0.25) is 5.91 Å². The van der Waals surface area contributed by atoms with Gasteiger partial charge in [-0.05, 0) is 25.8 Å². The molecule has 0 aliphatic carbocycles. The number of benzene rings is 2. The molecule has 1 heterocycles. The number of amides is 2. The third kappa shape index (κ3) is 6.77. The minimum Gasteiger partial charge on any atom is -0.446 e. The minimum atomic E-state index is -0.360. The van der Waals surface area contributed by atoms with Gasteiger partial charge in [-0.3, -0.25) is 4.79 Å². The average molecular weight is 368 g/mol. The number of ether oxygens (including phenoxy) is 1. The fraction of sp³-hybridized carbons (Fsp3) is 0.364. The minimum absolute atomic E-state index is 0.0183. The molecule has 0 spiro atoms. The summed E-state index contributed by atoms with van der Waals surface area (Å²) in [4.78, 5) is 24.6. The summed E-state index contributed by atoms with van der Waals surface area (Å²) in [6.45, 7) is 4.67. The summed E-state index contributed by atoms with van der Waals surface area (Å²) < 4.78 is 5.39. The molecule has 3 rings (SSSR count). The van der Waals surface area contributed by atoms with Crippen molar-refractivity contribution in [3.05, 3.63) is 71.8 Å². The summed E-state index contributed by atoms with van der Waals surface area (Å²) in [5, 5.41) is 0. The SMILES string of the molecule is Cc1ccc(C(C)N2CCC(CCC(N)=O)OC2=O)cc1.c1ccccc1. The molecule has 2 N–H and O–H groups in total. The molecule has 2 unspecified atom stereocenters. The first-order chi connectivity index (χ1) is 13.0. The Hall–Kier alpha value is -2.82. The van der Waals surface area contributed by atoms with Crippen LogP contribution in [0.4, 0.5) is 4.79 Å². The van der Waals surface area contributed by atoms with E-state index in [9.17, 15) is 9.59 Å². The monoisotopic (exact) mass is 368 g/mol. The lowest BCUT2D eigenvalue weighted by Crippen LogP contribution is -2.43. The molecule has 2 aromatic rings. The van der Waals surface area contributed by atoms with Gasteiger partial charge in [0.25, 0.3) is 0 Å².